The van der Waals surface area contributed by atoms with Crippen LogP contribution in [0, 0.1) is 5.41 Å². The molecule has 0 bridgehead atoms. The molecule has 15 heavy (non-hydrogen) atoms. The molecule has 0 saturated heterocycles. The van der Waals surface area contributed by atoms with Gasteiger partial charge in [0.05, 0.1) is 0 Å². The molecule has 1 aliphatic heterocycles. The zero-order chi connectivity index (χ0) is 11.1. The van der Waals surface area contributed by atoms with Crippen molar-refractivity contribution in [2.45, 2.75) is 27.3 Å². The van der Waals surface area contributed by atoms with Gasteiger partial charge in [-0.05, 0) is 11.5 Å². The number of pyridine rings is 1. The summed E-state index contributed by atoms with van der Waals surface area (Å²) in [5.74, 6) is 0.0699. The van der Waals surface area contributed by atoms with E-state index in [-0.39, 0.29) is 11.3 Å². The van der Waals surface area contributed by atoms with Crippen LogP contribution in [0.1, 0.15) is 36.8 Å². The first kappa shape index (κ1) is 10.1. The van der Waals surface area contributed by atoms with Crippen molar-refractivity contribution in [1.82, 2.24) is 9.88 Å². The summed E-state index contributed by atoms with van der Waals surface area (Å²) in [6, 6.07) is 3.86. The van der Waals surface area contributed by atoms with Crippen LogP contribution in [0.4, 0.5) is 0 Å². The lowest BCUT2D eigenvalue weighted by Crippen LogP contribution is -2.33. The third-order valence-corrected chi connectivity index (χ3v) is 2.41. The molecule has 3 heteroatoms. The van der Waals surface area contributed by atoms with Gasteiger partial charge >= 0.3 is 0 Å². The molecule has 0 fully saturated rings. The van der Waals surface area contributed by atoms with Gasteiger partial charge in [-0.2, -0.15) is 0 Å². The lowest BCUT2D eigenvalue weighted by atomic mass is 9.96. The standard InChI is InChI=1S/C12H16N2O/c1-12(2,3)8-14-7-9-5-4-6-13-10(9)11(14)15/h4-6H,7-8H2,1-3H3. The van der Waals surface area contributed by atoms with Crippen LogP contribution in [0.15, 0.2) is 18.3 Å². The molecule has 0 aliphatic carbocycles. The molecule has 80 valence electrons. The summed E-state index contributed by atoms with van der Waals surface area (Å²) in [6.45, 7) is 7.89. The quantitative estimate of drug-likeness (QED) is 0.701. The van der Waals surface area contributed by atoms with E-state index < -0.39 is 0 Å². The second-order valence-corrected chi connectivity index (χ2v) is 5.23. The second-order valence-electron chi connectivity index (χ2n) is 5.23. The molecule has 0 unspecified atom stereocenters. The van der Waals surface area contributed by atoms with Crippen LogP contribution >= 0.6 is 0 Å². The van der Waals surface area contributed by atoms with Gasteiger partial charge in [-0.1, -0.05) is 26.8 Å². The van der Waals surface area contributed by atoms with Crippen LogP contribution in [0.2, 0.25) is 0 Å². The maximum Gasteiger partial charge on any atom is 0.273 e. The van der Waals surface area contributed by atoms with E-state index in [2.05, 4.69) is 25.8 Å². The van der Waals surface area contributed by atoms with Crippen LogP contribution in [0.3, 0.4) is 0 Å². The maximum atomic E-state index is 11.9. The fraction of sp³-hybridized carbons (Fsp3) is 0.500. The van der Waals surface area contributed by atoms with Gasteiger partial charge in [0.15, 0.2) is 0 Å². The van der Waals surface area contributed by atoms with Crippen molar-refractivity contribution in [3.8, 4) is 0 Å². The molecule has 1 aliphatic rings. The summed E-state index contributed by atoms with van der Waals surface area (Å²) in [6.07, 6.45) is 1.68. The lowest BCUT2D eigenvalue weighted by Gasteiger charge is -2.25. The van der Waals surface area contributed by atoms with Gasteiger partial charge in [-0.3, -0.25) is 9.78 Å². The summed E-state index contributed by atoms with van der Waals surface area (Å²) in [5.41, 5.74) is 1.81. The van der Waals surface area contributed by atoms with Crippen molar-refractivity contribution in [3.05, 3.63) is 29.6 Å². The van der Waals surface area contributed by atoms with E-state index >= 15 is 0 Å². The highest BCUT2D eigenvalue weighted by Gasteiger charge is 2.30. The largest absolute Gasteiger partial charge is 0.332 e. The van der Waals surface area contributed by atoms with E-state index in [0.717, 1.165) is 12.1 Å². The SMILES string of the molecule is CC(C)(C)CN1Cc2cccnc2C1=O. The normalized spacial score (nSPS) is 15.7. The zero-order valence-corrected chi connectivity index (χ0v) is 9.45. The van der Waals surface area contributed by atoms with E-state index in [9.17, 15) is 4.79 Å². The maximum absolute atomic E-state index is 11.9. The van der Waals surface area contributed by atoms with Crippen molar-refractivity contribution >= 4 is 5.91 Å². The summed E-state index contributed by atoms with van der Waals surface area (Å²) in [4.78, 5) is 17.9. The molecule has 0 atom stereocenters. The van der Waals surface area contributed by atoms with Gasteiger partial charge in [0.25, 0.3) is 5.91 Å². The number of nitrogens with zero attached hydrogens (tertiary/aromatic N) is 2. The Bertz CT molecular complexity index is 393. The molecule has 3 nitrogen and oxygen atoms in total. The lowest BCUT2D eigenvalue weighted by molar-refractivity contribution is 0.0716. The Balaban J connectivity index is 2.21. The van der Waals surface area contributed by atoms with Crippen LogP contribution in [0.5, 0.6) is 0 Å². The van der Waals surface area contributed by atoms with Crippen LogP contribution in [-0.4, -0.2) is 22.3 Å². The molecule has 0 N–H and O–H groups in total. The fourth-order valence-electron chi connectivity index (χ4n) is 1.89. The van der Waals surface area contributed by atoms with Crippen molar-refractivity contribution in [3.63, 3.8) is 0 Å². The van der Waals surface area contributed by atoms with Gasteiger partial charge in [0.2, 0.25) is 0 Å². The Morgan fingerprint density at radius 2 is 2.20 bits per heavy atom. The number of fused-ring (bicyclic) bond motifs is 1. The number of aromatic nitrogens is 1. The third-order valence-electron chi connectivity index (χ3n) is 2.41. The molecule has 1 aromatic heterocycles. The van der Waals surface area contributed by atoms with Gasteiger partial charge < -0.3 is 4.90 Å². The summed E-state index contributed by atoms with van der Waals surface area (Å²) < 4.78 is 0. The first-order valence-electron chi connectivity index (χ1n) is 5.20. The average molecular weight is 204 g/mol. The van der Waals surface area contributed by atoms with E-state index in [1.807, 2.05) is 17.0 Å². The molecule has 0 saturated carbocycles. The monoisotopic (exact) mass is 204 g/mol. The summed E-state index contributed by atoms with van der Waals surface area (Å²) >= 11 is 0. The first-order chi connectivity index (χ1) is 6.97. The Morgan fingerprint density at radius 1 is 1.47 bits per heavy atom. The highest BCUT2D eigenvalue weighted by atomic mass is 16.2. The highest BCUT2D eigenvalue weighted by Crippen LogP contribution is 2.24. The van der Waals surface area contributed by atoms with Gasteiger partial charge in [0, 0.05) is 24.8 Å². The topological polar surface area (TPSA) is 33.2 Å². The number of hydrogen-bond donors (Lipinski definition) is 0. The predicted octanol–water partition coefficient (Wildman–Crippen LogP) is 2.08. The van der Waals surface area contributed by atoms with Crippen LogP contribution in [0.25, 0.3) is 0 Å². The van der Waals surface area contributed by atoms with E-state index in [4.69, 9.17) is 0 Å². The van der Waals surface area contributed by atoms with Crippen molar-refractivity contribution in [1.29, 1.82) is 0 Å². The minimum Gasteiger partial charge on any atom is -0.332 e. The molecule has 1 amide bonds. The minimum absolute atomic E-state index is 0.0699. The fourth-order valence-corrected chi connectivity index (χ4v) is 1.89. The number of amides is 1. The molecule has 1 aromatic rings. The summed E-state index contributed by atoms with van der Waals surface area (Å²) in [5, 5.41) is 0. The first-order valence-corrected chi connectivity index (χ1v) is 5.20. The zero-order valence-electron chi connectivity index (χ0n) is 9.45. The molecule has 0 aromatic carbocycles. The average Bonchev–Trinajstić information content (AvgIpc) is 2.42. The van der Waals surface area contributed by atoms with Gasteiger partial charge in [-0.25, -0.2) is 0 Å². The molecule has 0 spiro atoms. The second kappa shape index (κ2) is 3.33. The van der Waals surface area contributed by atoms with Crippen molar-refractivity contribution in [2.24, 2.45) is 5.41 Å². The predicted molar refractivity (Wildman–Crippen MR) is 58.4 cm³/mol. The van der Waals surface area contributed by atoms with Gasteiger partial charge in [0.1, 0.15) is 5.69 Å². The summed E-state index contributed by atoms with van der Waals surface area (Å²) in [7, 11) is 0. The minimum atomic E-state index is 0.0699. The number of hydrogen-bond acceptors (Lipinski definition) is 2. The van der Waals surface area contributed by atoms with E-state index in [1.54, 1.807) is 6.20 Å². The van der Waals surface area contributed by atoms with Crippen LogP contribution < -0.4 is 0 Å². The molecular formula is C12H16N2O. The van der Waals surface area contributed by atoms with Crippen LogP contribution in [-0.2, 0) is 6.54 Å². The molecule has 2 rings (SSSR count). The number of carbonyl (C=O) groups is 1. The molecular weight excluding hydrogens is 188 g/mol. The van der Waals surface area contributed by atoms with Crippen molar-refractivity contribution in [2.75, 3.05) is 6.54 Å². The number of carbonyl (C=O) groups excluding carboxylic acids is 1. The Hall–Kier alpha value is -1.38. The Morgan fingerprint density at radius 3 is 2.80 bits per heavy atom. The smallest absolute Gasteiger partial charge is 0.273 e. The molecule has 2 heterocycles. The molecule has 0 radical (unpaired) electrons. The third kappa shape index (κ3) is 2.01. The highest BCUT2D eigenvalue weighted by molar-refractivity contribution is 5.96. The number of rotatable bonds is 1. The Labute approximate surface area is 90.1 Å². The van der Waals surface area contributed by atoms with E-state index in [0.29, 0.717) is 12.2 Å². The Kier molecular flexibility index (Phi) is 2.25. The van der Waals surface area contributed by atoms with E-state index in [1.165, 1.54) is 0 Å². The van der Waals surface area contributed by atoms with Gasteiger partial charge in [-0.15, -0.1) is 0 Å². The van der Waals surface area contributed by atoms with Crippen molar-refractivity contribution < 1.29 is 4.79 Å².